The molecule has 0 amide bonds. The van der Waals surface area contributed by atoms with Crippen molar-refractivity contribution in [1.29, 1.82) is 0 Å². The van der Waals surface area contributed by atoms with E-state index in [9.17, 15) is 13.2 Å². The average molecular weight is 411 g/mol. The molecule has 0 aliphatic carbocycles. The molecular weight excluding hydrogens is 394 g/mol. The maximum Gasteiger partial charge on any atom is 0.274 e. The van der Waals surface area contributed by atoms with Gasteiger partial charge in [-0.3, -0.25) is 14.9 Å². The molecule has 4 rings (SSSR count). The van der Waals surface area contributed by atoms with E-state index in [1.54, 1.807) is 19.2 Å². The fourth-order valence-electron chi connectivity index (χ4n) is 3.03. The summed E-state index contributed by atoms with van der Waals surface area (Å²) in [6.07, 6.45) is 4.01. The molecule has 0 saturated carbocycles. The molecule has 0 saturated heterocycles. The van der Waals surface area contributed by atoms with E-state index in [0.29, 0.717) is 27.9 Å². The largest absolute Gasteiger partial charge is 0.495 e. The number of nitrogens with one attached hydrogen (secondary N) is 1. The van der Waals surface area contributed by atoms with E-state index in [2.05, 4.69) is 20.3 Å². The molecule has 1 N–H and O–H groups in total. The molecule has 0 aliphatic heterocycles. The van der Waals surface area contributed by atoms with Crippen molar-refractivity contribution in [3.05, 3.63) is 70.7 Å². The second-order valence-corrected chi connectivity index (χ2v) is 8.33. The van der Waals surface area contributed by atoms with Gasteiger partial charge in [0.1, 0.15) is 10.6 Å². The van der Waals surface area contributed by atoms with Crippen molar-refractivity contribution >= 4 is 20.6 Å². The molecule has 0 fully saturated rings. The molecule has 0 radical (unpaired) electrons. The van der Waals surface area contributed by atoms with Gasteiger partial charge in [-0.2, -0.15) is 10.2 Å². The van der Waals surface area contributed by atoms with Crippen LogP contribution in [0.25, 0.3) is 10.8 Å². The Labute approximate surface area is 165 Å². The van der Waals surface area contributed by atoms with Gasteiger partial charge < -0.3 is 4.74 Å². The van der Waals surface area contributed by atoms with Crippen LogP contribution in [0.3, 0.4) is 0 Å². The number of hydrogen-bond acceptors (Lipinski definition) is 7. The lowest BCUT2D eigenvalue weighted by molar-refractivity contribution is 0.408. The molecule has 0 atom stereocenters. The monoisotopic (exact) mass is 411 g/mol. The minimum Gasteiger partial charge on any atom is -0.495 e. The SMILES string of the molecule is COc1ccc(Cn2ncc3cc(S(=O)(=O)c4cn[nH]c4)ccc3c2=O)nc1C. The molecule has 10 heteroatoms. The predicted octanol–water partition coefficient (Wildman–Crippen LogP) is 1.71. The van der Waals surface area contributed by atoms with Crippen LogP contribution in [-0.2, 0) is 16.4 Å². The van der Waals surface area contributed by atoms with Gasteiger partial charge in [0.15, 0.2) is 0 Å². The van der Waals surface area contributed by atoms with Gasteiger partial charge in [0.05, 0.1) is 47.7 Å². The zero-order valence-corrected chi connectivity index (χ0v) is 16.5. The quantitative estimate of drug-likeness (QED) is 0.531. The number of rotatable bonds is 5. The highest BCUT2D eigenvalue weighted by Crippen LogP contribution is 2.22. The summed E-state index contributed by atoms with van der Waals surface area (Å²) in [5.74, 6) is 0.666. The van der Waals surface area contributed by atoms with Gasteiger partial charge in [-0.05, 0) is 37.3 Å². The van der Waals surface area contributed by atoms with Crippen molar-refractivity contribution in [2.75, 3.05) is 7.11 Å². The second-order valence-electron chi connectivity index (χ2n) is 6.38. The summed E-state index contributed by atoms with van der Waals surface area (Å²) < 4.78 is 31.8. The average Bonchev–Trinajstić information content (AvgIpc) is 3.26. The lowest BCUT2D eigenvalue weighted by Crippen LogP contribution is -2.24. The van der Waals surface area contributed by atoms with Crippen molar-refractivity contribution in [3.63, 3.8) is 0 Å². The van der Waals surface area contributed by atoms with Gasteiger partial charge in [-0.15, -0.1) is 0 Å². The van der Waals surface area contributed by atoms with Gasteiger partial charge in [0.2, 0.25) is 9.84 Å². The van der Waals surface area contributed by atoms with Gasteiger partial charge >= 0.3 is 0 Å². The number of pyridine rings is 1. The molecule has 0 bridgehead atoms. The summed E-state index contributed by atoms with van der Waals surface area (Å²) in [5, 5.41) is 11.2. The Kier molecular flexibility index (Phi) is 4.63. The number of aromatic nitrogens is 5. The number of methoxy groups -OCH3 is 1. The lowest BCUT2D eigenvalue weighted by atomic mass is 10.2. The molecule has 9 nitrogen and oxygen atoms in total. The fraction of sp³-hybridized carbons (Fsp3) is 0.158. The standard InChI is InChI=1S/C19H17N5O4S/c1-12-18(28-2)6-3-14(23-12)11-24-19(25)17-5-4-15(7-13(17)8-22-24)29(26,27)16-9-20-21-10-16/h3-10H,11H2,1-2H3,(H,20,21). The second kappa shape index (κ2) is 7.13. The van der Waals surface area contributed by atoms with E-state index in [1.807, 2.05) is 6.92 Å². The summed E-state index contributed by atoms with van der Waals surface area (Å²) >= 11 is 0. The van der Waals surface area contributed by atoms with E-state index in [1.165, 1.54) is 41.5 Å². The Hall–Kier alpha value is -3.53. The number of ether oxygens (including phenoxy) is 1. The molecule has 1 aromatic carbocycles. The minimum atomic E-state index is -3.72. The number of H-pyrrole nitrogens is 1. The minimum absolute atomic E-state index is 0.0547. The molecule has 3 heterocycles. The Balaban J connectivity index is 1.72. The summed E-state index contributed by atoms with van der Waals surface area (Å²) in [6, 6.07) is 7.90. The maximum atomic E-state index is 12.8. The van der Waals surface area contributed by atoms with Crippen molar-refractivity contribution in [2.24, 2.45) is 0 Å². The van der Waals surface area contributed by atoms with Crippen molar-refractivity contribution in [3.8, 4) is 5.75 Å². The van der Waals surface area contributed by atoms with Gasteiger partial charge in [-0.25, -0.2) is 13.1 Å². The van der Waals surface area contributed by atoms with Crippen molar-refractivity contribution < 1.29 is 13.2 Å². The van der Waals surface area contributed by atoms with Crippen LogP contribution in [0.15, 0.2) is 63.5 Å². The van der Waals surface area contributed by atoms with Gasteiger partial charge in [-0.1, -0.05) is 0 Å². The van der Waals surface area contributed by atoms with Crippen molar-refractivity contribution in [2.45, 2.75) is 23.3 Å². The smallest absolute Gasteiger partial charge is 0.274 e. The third-order valence-electron chi connectivity index (χ3n) is 4.54. The summed E-state index contributed by atoms with van der Waals surface area (Å²) in [6.45, 7) is 2.01. The zero-order chi connectivity index (χ0) is 20.6. The van der Waals surface area contributed by atoms with E-state index >= 15 is 0 Å². The molecule has 4 aromatic rings. The molecule has 3 aromatic heterocycles. The van der Waals surface area contributed by atoms with Crippen LogP contribution in [-0.4, -0.2) is 40.5 Å². The Morgan fingerprint density at radius 3 is 2.66 bits per heavy atom. The van der Waals surface area contributed by atoms with Gasteiger partial charge in [0, 0.05) is 11.6 Å². The first-order valence-electron chi connectivity index (χ1n) is 8.64. The predicted molar refractivity (Wildman–Crippen MR) is 105 cm³/mol. The van der Waals surface area contributed by atoms with Crippen LogP contribution in [0.1, 0.15) is 11.4 Å². The van der Waals surface area contributed by atoms with Crippen LogP contribution in [0, 0.1) is 6.92 Å². The Bertz CT molecular complexity index is 1360. The highest BCUT2D eigenvalue weighted by molar-refractivity contribution is 7.91. The fourth-order valence-corrected chi connectivity index (χ4v) is 4.23. The number of sulfone groups is 1. The number of hydrogen-bond donors (Lipinski definition) is 1. The number of aryl methyl sites for hydroxylation is 1. The topological polar surface area (TPSA) is 120 Å². The third-order valence-corrected chi connectivity index (χ3v) is 6.26. The Morgan fingerprint density at radius 2 is 1.97 bits per heavy atom. The summed E-state index contributed by atoms with van der Waals surface area (Å²) in [5.41, 5.74) is 1.05. The molecule has 29 heavy (non-hydrogen) atoms. The van der Waals surface area contributed by atoms with Crippen LogP contribution in [0.2, 0.25) is 0 Å². The Morgan fingerprint density at radius 1 is 1.14 bits per heavy atom. The van der Waals surface area contributed by atoms with Crippen LogP contribution < -0.4 is 10.3 Å². The van der Waals surface area contributed by atoms with Crippen LogP contribution in [0.5, 0.6) is 5.75 Å². The molecular formula is C19H17N5O4S. The van der Waals surface area contributed by atoms with Crippen molar-refractivity contribution in [1.82, 2.24) is 25.0 Å². The van der Waals surface area contributed by atoms with Gasteiger partial charge in [0.25, 0.3) is 5.56 Å². The first-order chi connectivity index (χ1) is 13.9. The number of fused-ring (bicyclic) bond motifs is 1. The highest BCUT2D eigenvalue weighted by atomic mass is 32.2. The maximum absolute atomic E-state index is 12.8. The first kappa shape index (κ1) is 18.8. The molecule has 0 spiro atoms. The molecule has 0 unspecified atom stereocenters. The highest BCUT2D eigenvalue weighted by Gasteiger charge is 2.19. The lowest BCUT2D eigenvalue weighted by Gasteiger charge is -2.09. The van der Waals surface area contributed by atoms with E-state index in [0.717, 1.165) is 0 Å². The van der Waals surface area contributed by atoms with E-state index < -0.39 is 9.84 Å². The van der Waals surface area contributed by atoms with E-state index in [4.69, 9.17) is 4.74 Å². The zero-order valence-electron chi connectivity index (χ0n) is 15.7. The first-order valence-corrected chi connectivity index (χ1v) is 10.1. The molecule has 0 aliphatic rings. The van der Waals surface area contributed by atoms with Crippen LogP contribution in [0.4, 0.5) is 0 Å². The summed E-state index contributed by atoms with van der Waals surface area (Å²) in [7, 11) is -2.15. The number of benzene rings is 1. The normalized spacial score (nSPS) is 11.7. The molecule has 148 valence electrons. The van der Waals surface area contributed by atoms with E-state index in [-0.39, 0.29) is 21.9 Å². The summed E-state index contributed by atoms with van der Waals surface area (Å²) in [4.78, 5) is 17.4. The van der Waals surface area contributed by atoms with Crippen LogP contribution >= 0.6 is 0 Å². The number of aromatic amines is 1. The third kappa shape index (κ3) is 3.38. The number of nitrogens with zero attached hydrogens (tertiary/aromatic N) is 4.